The number of carbonyl (C=O) groups is 1. The van der Waals surface area contributed by atoms with E-state index in [2.05, 4.69) is 20.8 Å². The third-order valence-electron chi connectivity index (χ3n) is 4.83. The lowest BCUT2D eigenvalue weighted by atomic mass is 9.94. The minimum atomic E-state index is -1.74. The van der Waals surface area contributed by atoms with Gasteiger partial charge in [-0.25, -0.2) is 4.79 Å². The Morgan fingerprint density at radius 2 is 1.50 bits per heavy atom. The number of hydrogen-bond acceptors (Lipinski definition) is 7. The van der Waals surface area contributed by atoms with Crippen LogP contribution in [-0.2, 0) is 9.53 Å². The van der Waals surface area contributed by atoms with E-state index in [1.54, 1.807) is 0 Å². The zero-order valence-corrected chi connectivity index (χ0v) is 17.8. The molecule has 0 heterocycles. The predicted molar refractivity (Wildman–Crippen MR) is 108 cm³/mol. The summed E-state index contributed by atoms with van der Waals surface area (Å²) in [6, 6.07) is 0. The molecule has 28 heavy (non-hydrogen) atoms. The maximum absolute atomic E-state index is 11.8. The first-order valence-corrected chi connectivity index (χ1v) is 10.3. The minimum absolute atomic E-state index is 0.522. The highest BCUT2D eigenvalue weighted by atomic mass is 16.5. The van der Waals surface area contributed by atoms with E-state index < -0.39 is 43.6 Å². The molecule has 0 bridgehead atoms. The molecule has 0 aliphatic carbocycles. The molecule has 7 nitrogen and oxygen atoms in total. The number of ether oxygens (including phenoxy) is 1. The molecule has 0 saturated heterocycles. The highest BCUT2D eigenvalue weighted by molar-refractivity contribution is 5.82. The third kappa shape index (κ3) is 12.5. The van der Waals surface area contributed by atoms with E-state index in [0.717, 1.165) is 30.8 Å². The Hall–Kier alpha value is -0.990. The van der Waals surface area contributed by atoms with E-state index >= 15 is 0 Å². The number of allylic oxidation sites excluding steroid dienone is 1. The van der Waals surface area contributed by atoms with Crippen LogP contribution in [0.15, 0.2) is 11.6 Å². The molecular formula is C21H40O7. The minimum Gasteiger partial charge on any atom is -0.460 e. The monoisotopic (exact) mass is 404 g/mol. The van der Waals surface area contributed by atoms with Crippen molar-refractivity contribution in [1.29, 1.82) is 0 Å². The smallest absolute Gasteiger partial charge is 0.330 e. The van der Waals surface area contributed by atoms with Gasteiger partial charge in [0.25, 0.3) is 0 Å². The van der Waals surface area contributed by atoms with Gasteiger partial charge in [0.1, 0.15) is 31.0 Å². The normalized spacial score (nSPS) is 17.9. The molecule has 1 unspecified atom stereocenters. The highest BCUT2D eigenvalue weighted by Crippen LogP contribution is 2.19. The number of rotatable bonds is 15. The predicted octanol–water partition coefficient (Wildman–Crippen LogP) is 1.54. The zero-order chi connectivity index (χ0) is 21.7. The van der Waals surface area contributed by atoms with Crippen molar-refractivity contribution in [2.24, 2.45) is 11.8 Å². The van der Waals surface area contributed by atoms with Crippen LogP contribution in [0.3, 0.4) is 0 Å². The Balaban J connectivity index is 4.13. The van der Waals surface area contributed by atoms with Crippen molar-refractivity contribution in [2.75, 3.05) is 13.2 Å². The topological polar surface area (TPSA) is 127 Å². The van der Waals surface area contributed by atoms with Crippen LogP contribution < -0.4 is 0 Å². The average molecular weight is 405 g/mol. The quantitative estimate of drug-likeness (QED) is 0.207. The molecule has 0 rings (SSSR count). The van der Waals surface area contributed by atoms with Gasteiger partial charge in [-0.15, -0.1) is 0 Å². The van der Waals surface area contributed by atoms with Crippen LogP contribution in [-0.4, -0.2) is 69.1 Å². The van der Waals surface area contributed by atoms with Crippen molar-refractivity contribution in [3.63, 3.8) is 0 Å². The van der Waals surface area contributed by atoms with E-state index in [-0.39, 0.29) is 0 Å². The van der Waals surface area contributed by atoms with Crippen LogP contribution in [0.5, 0.6) is 0 Å². The van der Waals surface area contributed by atoms with Crippen LogP contribution in [0.1, 0.15) is 66.2 Å². The Morgan fingerprint density at radius 1 is 0.929 bits per heavy atom. The van der Waals surface area contributed by atoms with Crippen molar-refractivity contribution >= 4 is 5.97 Å². The van der Waals surface area contributed by atoms with Gasteiger partial charge in [0, 0.05) is 6.08 Å². The first-order valence-electron chi connectivity index (χ1n) is 10.3. The van der Waals surface area contributed by atoms with E-state index in [1.165, 1.54) is 25.3 Å². The van der Waals surface area contributed by atoms with Gasteiger partial charge in [0.2, 0.25) is 0 Å². The maximum atomic E-state index is 11.8. The van der Waals surface area contributed by atoms with Gasteiger partial charge in [-0.05, 0) is 31.6 Å². The van der Waals surface area contributed by atoms with Crippen molar-refractivity contribution in [1.82, 2.24) is 0 Å². The molecule has 0 fully saturated rings. The van der Waals surface area contributed by atoms with Gasteiger partial charge in [0.05, 0.1) is 6.61 Å². The van der Waals surface area contributed by atoms with E-state index in [9.17, 15) is 25.2 Å². The van der Waals surface area contributed by atoms with Crippen LogP contribution in [0, 0.1) is 11.8 Å². The second-order valence-electron chi connectivity index (χ2n) is 8.24. The van der Waals surface area contributed by atoms with Crippen molar-refractivity contribution in [3.8, 4) is 0 Å². The Morgan fingerprint density at radius 3 is 2.07 bits per heavy atom. The fraction of sp³-hybridized carbons (Fsp3) is 0.857. The fourth-order valence-electron chi connectivity index (χ4n) is 2.89. The summed E-state index contributed by atoms with van der Waals surface area (Å²) < 4.78 is 4.88. The molecule has 5 N–H and O–H groups in total. The largest absolute Gasteiger partial charge is 0.460 e. The number of aliphatic hydroxyl groups is 5. The number of hydrogen-bond donors (Lipinski definition) is 5. The van der Waals surface area contributed by atoms with Crippen LogP contribution in [0.4, 0.5) is 0 Å². The molecule has 7 heteroatoms. The average Bonchev–Trinajstić information content (AvgIpc) is 2.63. The summed E-state index contributed by atoms with van der Waals surface area (Å²) in [5.74, 6) is 0.771. The zero-order valence-electron chi connectivity index (χ0n) is 17.8. The van der Waals surface area contributed by atoms with Gasteiger partial charge in [-0.2, -0.15) is 0 Å². The molecule has 0 aliphatic rings. The molecule has 0 aromatic heterocycles. The lowest BCUT2D eigenvalue weighted by Crippen LogP contribution is -2.47. The lowest BCUT2D eigenvalue weighted by molar-refractivity contribution is -0.151. The standard InChI is InChI=1S/C21H40O7/c1-14(2)7-5-8-15(3)9-6-10-16(4)11-19(25)28-13-18(24)21(27)20(26)17(23)12-22/h11,14-15,17-18,20-24,26-27H,5-10,12-13H2,1-4H3/b16-11+/t15?,17-,18-,20-,21-/m0/s1. The van der Waals surface area contributed by atoms with Gasteiger partial charge in [-0.3, -0.25) is 0 Å². The first-order chi connectivity index (χ1) is 13.1. The van der Waals surface area contributed by atoms with Gasteiger partial charge < -0.3 is 30.3 Å². The summed E-state index contributed by atoms with van der Waals surface area (Å²) in [5.41, 5.74) is 0.880. The van der Waals surface area contributed by atoms with E-state index in [4.69, 9.17) is 9.84 Å². The lowest BCUT2D eigenvalue weighted by Gasteiger charge is -2.25. The maximum Gasteiger partial charge on any atom is 0.330 e. The van der Waals surface area contributed by atoms with Crippen molar-refractivity contribution in [3.05, 3.63) is 11.6 Å². The summed E-state index contributed by atoms with van der Waals surface area (Å²) in [6.45, 7) is 7.28. The third-order valence-corrected chi connectivity index (χ3v) is 4.83. The molecule has 166 valence electrons. The summed E-state index contributed by atoms with van der Waals surface area (Å²) in [7, 11) is 0. The van der Waals surface area contributed by atoms with Gasteiger partial charge >= 0.3 is 5.97 Å². The molecule has 0 saturated carbocycles. The SMILES string of the molecule is C/C(=C\C(=O)OC[C@H](O)[C@H](O)[C@@H](O)[C@@H](O)CO)CCCC(C)CCCC(C)C. The Kier molecular flexibility index (Phi) is 14.4. The molecule has 5 atom stereocenters. The summed E-state index contributed by atoms with van der Waals surface area (Å²) in [4.78, 5) is 11.8. The molecule has 0 aliphatic heterocycles. The second-order valence-corrected chi connectivity index (χ2v) is 8.24. The molecule has 0 aromatic rings. The van der Waals surface area contributed by atoms with Crippen LogP contribution >= 0.6 is 0 Å². The summed E-state index contributed by atoms with van der Waals surface area (Å²) in [5, 5.41) is 46.9. The number of esters is 1. The first kappa shape index (κ1) is 27.0. The fourth-order valence-corrected chi connectivity index (χ4v) is 2.89. The van der Waals surface area contributed by atoms with Crippen molar-refractivity contribution < 1.29 is 35.1 Å². The summed E-state index contributed by atoms with van der Waals surface area (Å²) in [6.07, 6.45) is 1.34. The molecule has 0 aromatic carbocycles. The second kappa shape index (κ2) is 14.9. The van der Waals surface area contributed by atoms with E-state index in [0.29, 0.717) is 5.92 Å². The highest BCUT2D eigenvalue weighted by Gasteiger charge is 2.30. The Bertz CT molecular complexity index is 450. The molecule has 0 radical (unpaired) electrons. The Labute approximate surface area is 169 Å². The van der Waals surface area contributed by atoms with Gasteiger partial charge in [-0.1, -0.05) is 52.0 Å². The van der Waals surface area contributed by atoms with E-state index in [1.807, 2.05) is 6.92 Å². The molecular weight excluding hydrogens is 364 g/mol. The molecule has 0 amide bonds. The number of aliphatic hydroxyl groups excluding tert-OH is 5. The van der Waals surface area contributed by atoms with Gasteiger partial charge in [0.15, 0.2) is 0 Å². The molecule has 0 spiro atoms. The van der Waals surface area contributed by atoms with Crippen LogP contribution in [0.2, 0.25) is 0 Å². The van der Waals surface area contributed by atoms with Crippen molar-refractivity contribution in [2.45, 2.75) is 90.6 Å². The number of carbonyl (C=O) groups excluding carboxylic acids is 1. The van der Waals surface area contributed by atoms with Crippen LogP contribution in [0.25, 0.3) is 0 Å². The summed E-state index contributed by atoms with van der Waals surface area (Å²) >= 11 is 0.